The number of amides is 1. The number of hydrogen-bond acceptors (Lipinski definition) is 6. The van der Waals surface area contributed by atoms with Gasteiger partial charge in [0, 0.05) is 6.04 Å². The molecule has 8 nitrogen and oxygen atoms in total. The summed E-state index contributed by atoms with van der Waals surface area (Å²) in [6.07, 6.45) is 2.03. The topological polar surface area (TPSA) is 99.7 Å². The maximum atomic E-state index is 13.0. The molecule has 1 atom stereocenters. The molecule has 3 aromatic rings. The van der Waals surface area contributed by atoms with Gasteiger partial charge in [-0.25, -0.2) is 4.98 Å². The molecule has 0 bridgehead atoms. The summed E-state index contributed by atoms with van der Waals surface area (Å²) < 4.78 is 12.8. The molecule has 3 heterocycles. The van der Waals surface area contributed by atoms with Crippen molar-refractivity contribution in [3.63, 3.8) is 0 Å². The van der Waals surface area contributed by atoms with Crippen molar-refractivity contribution in [2.75, 3.05) is 19.8 Å². The van der Waals surface area contributed by atoms with Crippen LogP contribution >= 0.6 is 0 Å². The molecule has 8 heteroatoms. The first-order valence-corrected chi connectivity index (χ1v) is 10.5. The molecule has 0 spiro atoms. The van der Waals surface area contributed by atoms with E-state index in [0.717, 1.165) is 36.4 Å². The molecule has 1 aromatic heterocycles. The van der Waals surface area contributed by atoms with Crippen molar-refractivity contribution < 1.29 is 14.3 Å². The second-order valence-corrected chi connectivity index (χ2v) is 7.93. The van der Waals surface area contributed by atoms with Gasteiger partial charge in [-0.1, -0.05) is 18.2 Å². The molecule has 31 heavy (non-hydrogen) atoms. The van der Waals surface area contributed by atoms with E-state index in [-0.39, 0.29) is 18.1 Å². The Bertz CT molecular complexity index is 1210. The number of rotatable bonds is 5. The van der Waals surface area contributed by atoms with Crippen LogP contribution in [-0.2, 0) is 17.9 Å². The molecular weight excluding hydrogens is 396 g/mol. The minimum absolute atomic E-state index is 0.168. The van der Waals surface area contributed by atoms with Gasteiger partial charge in [-0.3, -0.25) is 19.1 Å². The molecule has 1 unspecified atom stereocenters. The summed E-state index contributed by atoms with van der Waals surface area (Å²) in [5.41, 5.74) is 6.96. The van der Waals surface area contributed by atoms with Crippen molar-refractivity contribution in [3.05, 3.63) is 64.2 Å². The maximum absolute atomic E-state index is 13.0. The molecule has 1 amide bonds. The van der Waals surface area contributed by atoms with Crippen LogP contribution in [-0.4, -0.2) is 40.1 Å². The van der Waals surface area contributed by atoms with Gasteiger partial charge in [-0.05, 0) is 49.2 Å². The van der Waals surface area contributed by atoms with E-state index >= 15 is 0 Å². The van der Waals surface area contributed by atoms with Crippen molar-refractivity contribution in [1.29, 1.82) is 0 Å². The molecule has 1 saturated heterocycles. The van der Waals surface area contributed by atoms with Crippen LogP contribution in [0.2, 0.25) is 0 Å². The van der Waals surface area contributed by atoms with E-state index in [1.165, 1.54) is 4.57 Å². The summed E-state index contributed by atoms with van der Waals surface area (Å²) in [4.78, 5) is 31.7. The average molecular weight is 420 g/mol. The van der Waals surface area contributed by atoms with Gasteiger partial charge in [-0.2, -0.15) is 0 Å². The van der Waals surface area contributed by atoms with E-state index in [4.69, 9.17) is 20.2 Å². The fraction of sp³-hybridized carbons (Fsp3) is 0.348. The lowest BCUT2D eigenvalue weighted by atomic mass is 10.0. The van der Waals surface area contributed by atoms with Gasteiger partial charge in [0.1, 0.15) is 25.6 Å². The van der Waals surface area contributed by atoms with Crippen LogP contribution in [0.15, 0.2) is 47.3 Å². The maximum Gasteiger partial charge on any atom is 0.261 e. The van der Waals surface area contributed by atoms with E-state index in [1.54, 1.807) is 12.1 Å². The van der Waals surface area contributed by atoms with Crippen LogP contribution in [0.25, 0.3) is 10.9 Å². The van der Waals surface area contributed by atoms with Gasteiger partial charge in [0.25, 0.3) is 5.56 Å². The van der Waals surface area contributed by atoms with Crippen LogP contribution in [0.4, 0.5) is 0 Å². The van der Waals surface area contributed by atoms with Gasteiger partial charge in [-0.15, -0.1) is 0 Å². The largest absolute Gasteiger partial charge is 0.486 e. The SMILES string of the molecule is NC(=O)Cn1c(CN2CCCC2c2ccc3c(c2)OCCO3)nc2ccccc2c1=O. The number of hydrogen-bond donors (Lipinski definition) is 1. The highest BCUT2D eigenvalue weighted by Gasteiger charge is 2.29. The van der Waals surface area contributed by atoms with Crippen molar-refractivity contribution in [2.45, 2.75) is 32.0 Å². The molecule has 0 radical (unpaired) electrons. The summed E-state index contributed by atoms with van der Waals surface area (Å²) >= 11 is 0. The predicted molar refractivity (Wildman–Crippen MR) is 115 cm³/mol. The number of ether oxygens (including phenoxy) is 2. The lowest BCUT2D eigenvalue weighted by Gasteiger charge is -2.27. The normalized spacial score (nSPS) is 18.4. The Kier molecular flexibility index (Phi) is 5.07. The highest BCUT2D eigenvalue weighted by atomic mass is 16.6. The fourth-order valence-corrected chi connectivity index (χ4v) is 4.50. The summed E-state index contributed by atoms with van der Waals surface area (Å²) in [5, 5.41) is 0.484. The lowest BCUT2D eigenvalue weighted by Crippen LogP contribution is -2.34. The number of nitrogens with zero attached hydrogens (tertiary/aromatic N) is 3. The van der Waals surface area contributed by atoms with Crippen molar-refractivity contribution in [2.24, 2.45) is 5.73 Å². The fourth-order valence-electron chi connectivity index (χ4n) is 4.50. The zero-order valence-electron chi connectivity index (χ0n) is 17.1. The second kappa shape index (κ2) is 8.03. The molecular formula is C23H24N4O4. The summed E-state index contributed by atoms with van der Waals surface area (Å²) in [6, 6.07) is 13.4. The number of aromatic nitrogens is 2. The molecule has 160 valence electrons. The average Bonchev–Trinajstić information content (AvgIpc) is 3.24. The Morgan fingerprint density at radius 3 is 2.77 bits per heavy atom. The molecule has 2 aliphatic heterocycles. The number of nitrogens with two attached hydrogens (primary N) is 1. The van der Waals surface area contributed by atoms with Crippen molar-refractivity contribution >= 4 is 16.8 Å². The number of para-hydroxylation sites is 1. The summed E-state index contributed by atoms with van der Waals surface area (Å²) in [6.45, 7) is 2.25. The minimum atomic E-state index is -0.565. The van der Waals surface area contributed by atoms with E-state index in [0.29, 0.717) is 36.5 Å². The number of carbonyl (C=O) groups is 1. The monoisotopic (exact) mass is 420 g/mol. The Morgan fingerprint density at radius 2 is 1.94 bits per heavy atom. The third kappa shape index (κ3) is 3.74. The lowest BCUT2D eigenvalue weighted by molar-refractivity contribution is -0.118. The first-order valence-electron chi connectivity index (χ1n) is 10.5. The molecule has 0 aliphatic carbocycles. The third-order valence-electron chi connectivity index (χ3n) is 5.91. The van der Waals surface area contributed by atoms with Crippen molar-refractivity contribution in [1.82, 2.24) is 14.5 Å². The molecule has 2 aliphatic rings. The minimum Gasteiger partial charge on any atom is -0.486 e. The second-order valence-electron chi connectivity index (χ2n) is 7.93. The van der Waals surface area contributed by atoms with Crippen LogP contribution in [0, 0.1) is 0 Å². The van der Waals surface area contributed by atoms with Gasteiger partial charge in [0.2, 0.25) is 5.91 Å². The van der Waals surface area contributed by atoms with E-state index in [9.17, 15) is 9.59 Å². The van der Waals surface area contributed by atoms with Gasteiger partial charge in [0.05, 0.1) is 17.4 Å². The smallest absolute Gasteiger partial charge is 0.261 e. The number of fused-ring (bicyclic) bond motifs is 2. The quantitative estimate of drug-likeness (QED) is 0.678. The van der Waals surface area contributed by atoms with E-state index in [1.807, 2.05) is 24.3 Å². The molecule has 2 N–H and O–H groups in total. The van der Waals surface area contributed by atoms with Gasteiger partial charge < -0.3 is 15.2 Å². The third-order valence-corrected chi connectivity index (χ3v) is 5.91. The molecule has 2 aromatic carbocycles. The predicted octanol–water partition coefficient (Wildman–Crippen LogP) is 1.99. The van der Waals surface area contributed by atoms with Crippen LogP contribution < -0.4 is 20.8 Å². The number of likely N-dealkylation sites (tertiary alicyclic amines) is 1. The highest BCUT2D eigenvalue weighted by molar-refractivity contribution is 5.78. The number of benzene rings is 2. The first-order chi connectivity index (χ1) is 15.1. The summed E-state index contributed by atoms with van der Waals surface area (Å²) in [5.74, 6) is 1.52. The van der Waals surface area contributed by atoms with Crippen LogP contribution in [0.5, 0.6) is 11.5 Å². The number of carbonyl (C=O) groups excluding carboxylic acids is 1. The number of primary amides is 1. The van der Waals surface area contributed by atoms with Crippen LogP contribution in [0.1, 0.15) is 30.3 Å². The van der Waals surface area contributed by atoms with Crippen LogP contribution in [0.3, 0.4) is 0 Å². The Morgan fingerprint density at radius 1 is 1.13 bits per heavy atom. The molecule has 0 saturated carbocycles. The Hall–Kier alpha value is -3.39. The standard InChI is InChI=1S/C23H24N4O4/c24-21(28)13-27-22(25-17-5-2-1-4-16(17)23(27)29)14-26-9-3-6-18(26)15-7-8-19-20(12-15)31-11-10-30-19/h1-2,4-5,7-8,12,18H,3,6,9-11,13-14H2,(H2,24,28). The highest BCUT2D eigenvalue weighted by Crippen LogP contribution is 2.38. The van der Waals surface area contributed by atoms with E-state index in [2.05, 4.69) is 11.0 Å². The summed E-state index contributed by atoms with van der Waals surface area (Å²) in [7, 11) is 0. The molecule has 5 rings (SSSR count). The van der Waals surface area contributed by atoms with Gasteiger partial charge >= 0.3 is 0 Å². The van der Waals surface area contributed by atoms with Crippen molar-refractivity contribution in [3.8, 4) is 11.5 Å². The molecule has 1 fully saturated rings. The zero-order valence-corrected chi connectivity index (χ0v) is 17.1. The Balaban J connectivity index is 1.50. The Labute approximate surface area is 179 Å². The zero-order chi connectivity index (χ0) is 21.4. The van der Waals surface area contributed by atoms with Gasteiger partial charge in [0.15, 0.2) is 11.5 Å². The first kappa shape index (κ1) is 19.6. The van der Waals surface area contributed by atoms with E-state index < -0.39 is 5.91 Å².